The number of urea groups is 1. The van der Waals surface area contributed by atoms with E-state index in [1.165, 1.54) is 12.8 Å². The van der Waals surface area contributed by atoms with Gasteiger partial charge in [0.05, 0.1) is 0 Å². The number of hydrogen-bond acceptors (Lipinski definition) is 4. The van der Waals surface area contributed by atoms with Crippen LogP contribution in [0.2, 0.25) is 0 Å². The Morgan fingerprint density at radius 2 is 1.65 bits per heavy atom. The Morgan fingerprint density at radius 3 is 2.35 bits per heavy atom. The van der Waals surface area contributed by atoms with E-state index in [1.54, 1.807) is 11.3 Å². The van der Waals surface area contributed by atoms with Crippen LogP contribution in [0, 0.1) is 0 Å². The molecule has 1 fully saturated rings. The lowest BCUT2D eigenvalue weighted by atomic mass is 10.1. The van der Waals surface area contributed by atoms with Crippen LogP contribution in [0.15, 0.2) is 72.1 Å². The van der Waals surface area contributed by atoms with Crippen LogP contribution in [-0.4, -0.2) is 49.1 Å². The van der Waals surface area contributed by atoms with Crippen molar-refractivity contribution in [3.63, 3.8) is 0 Å². The van der Waals surface area contributed by atoms with Gasteiger partial charge in [-0.3, -0.25) is 4.79 Å². The Morgan fingerprint density at radius 1 is 0.912 bits per heavy atom. The summed E-state index contributed by atoms with van der Waals surface area (Å²) in [5.41, 5.74) is 2.88. The molecule has 6 nitrogen and oxygen atoms in total. The number of anilines is 1. The van der Waals surface area contributed by atoms with Gasteiger partial charge in [-0.25, -0.2) is 4.79 Å². The summed E-state index contributed by atoms with van der Waals surface area (Å²) >= 11 is 1.59. The van der Waals surface area contributed by atoms with E-state index in [0.717, 1.165) is 42.1 Å². The van der Waals surface area contributed by atoms with Crippen molar-refractivity contribution in [1.82, 2.24) is 15.5 Å². The van der Waals surface area contributed by atoms with Crippen molar-refractivity contribution in [1.29, 1.82) is 0 Å². The fraction of sp³-hybridized carbons (Fsp3) is 0.333. The molecule has 0 saturated carbocycles. The smallest absolute Gasteiger partial charge is 0.319 e. The normalized spacial score (nSPS) is 14.5. The highest BCUT2D eigenvalue weighted by atomic mass is 32.1. The van der Waals surface area contributed by atoms with Gasteiger partial charge in [-0.05, 0) is 73.6 Å². The maximum absolute atomic E-state index is 12.9. The fourth-order valence-corrected chi connectivity index (χ4v) is 4.94. The molecule has 3 N–H and O–H groups in total. The van der Waals surface area contributed by atoms with Crippen LogP contribution < -0.4 is 16.0 Å². The van der Waals surface area contributed by atoms with Gasteiger partial charge in [-0.15, -0.1) is 11.3 Å². The lowest BCUT2D eigenvalue weighted by molar-refractivity contribution is -0.122. The monoisotopic (exact) mass is 476 g/mol. The first-order valence-electron chi connectivity index (χ1n) is 11.9. The lowest BCUT2D eigenvalue weighted by Gasteiger charge is -2.19. The van der Waals surface area contributed by atoms with E-state index >= 15 is 0 Å². The molecule has 1 atom stereocenters. The van der Waals surface area contributed by atoms with Crippen LogP contribution in [0.4, 0.5) is 10.5 Å². The minimum absolute atomic E-state index is 0.149. The van der Waals surface area contributed by atoms with Crippen molar-refractivity contribution in [2.45, 2.75) is 31.7 Å². The maximum Gasteiger partial charge on any atom is 0.319 e. The third kappa shape index (κ3) is 7.17. The first-order chi connectivity index (χ1) is 16.7. The van der Waals surface area contributed by atoms with E-state index in [1.807, 2.05) is 72.1 Å². The van der Waals surface area contributed by atoms with Crippen molar-refractivity contribution in [3.05, 3.63) is 77.0 Å². The molecule has 3 aromatic rings. The van der Waals surface area contributed by atoms with Crippen molar-refractivity contribution in [2.75, 3.05) is 31.5 Å². The highest BCUT2D eigenvalue weighted by Gasteiger charge is 2.22. The summed E-state index contributed by atoms with van der Waals surface area (Å²) in [5, 5.41) is 10.7. The molecule has 0 spiro atoms. The number of nitrogens with zero attached hydrogens (tertiary/aromatic N) is 1. The number of carbonyl (C=O) groups excluding carboxylic acids is 2. The number of thiophene rings is 1. The third-order valence-corrected chi connectivity index (χ3v) is 6.90. The van der Waals surface area contributed by atoms with Crippen molar-refractivity contribution in [2.24, 2.45) is 0 Å². The van der Waals surface area contributed by atoms with Crippen LogP contribution in [-0.2, 0) is 11.2 Å². The first kappa shape index (κ1) is 24.0. The summed E-state index contributed by atoms with van der Waals surface area (Å²) in [6, 6.07) is 20.7. The van der Waals surface area contributed by atoms with Crippen LogP contribution in [0.5, 0.6) is 0 Å². The molecule has 178 valence electrons. The second kappa shape index (κ2) is 12.3. The fourth-order valence-electron chi connectivity index (χ4n) is 4.18. The average Bonchev–Trinajstić information content (AvgIpc) is 3.57. The van der Waals surface area contributed by atoms with Gasteiger partial charge in [0.15, 0.2) is 0 Å². The zero-order chi connectivity index (χ0) is 23.6. The van der Waals surface area contributed by atoms with Crippen LogP contribution >= 0.6 is 11.3 Å². The van der Waals surface area contributed by atoms with Crippen molar-refractivity contribution in [3.8, 4) is 11.1 Å². The molecule has 2 aromatic carbocycles. The molecule has 34 heavy (non-hydrogen) atoms. The van der Waals surface area contributed by atoms with Gasteiger partial charge in [0, 0.05) is 23.5 Å². The number of benzene rings is 2. The summed E-state index contributed by atoms with van der Waals surface area (Å²) in [6.07, 6.45) is 3.92. The second-order valence-corrected chi connectivity index (χ2v) is 9.60. The SMILES string of the molecule is O=C(Nc1ccc(-c2ccccc2)cc1)N[C@@H](Cc1cccs1)C(=O)NCCCN1CCCC1. The van der Waals surface area contributed by atoms with Crippen LogP contribution in [0.1, 0.15) is 24.1 Å². The molecular weight excluding hydrogens is 444 g/mol. The van der Waals surface area contributed by atoms with Gasteiger partial charge in [0.2, 0.25) is 5.91 Å². The van der Waals surface area contributed by atoms with E-state index in [2.05, 4.69) is 20.9 Å². The molecule has 0 bridgehead atoms. The molecule has 1 aromatic heterocycles. The summed E-state index contributed by atoms with van der Waals surface area (Å²) in [6.45, 7) is 3.93. The number of hydrogen-bond donors (Lipinski definition) is 3. The zero-order valence-corrected chi connectivity index (χ0v) is 20.2. The third-order valence-electron chi connectivity index (χ3n) is 6.01. The number of rotatable bonds is 10. The van der Waals surface area contributed by atoms with E-state index in [4.69, 9.17) is 0 Å². The molecule has 1 aliphatic rings. The Labute approximate surface area is 205 Å². The Bertz CT molecular complexity index is 1030. The summed E-state index contributed by atoms with van der Waals surface area (Å²) in [7, 11) is 0. The minimum Gasteiger partial charge on any atom is -0.354 e. The number of amides is 3. The zero-order valence-electron chi connectivity index (χ0n) is 19.3. The minimum atomic E-state index is -0.631. The molecule has 0 radical (unpaired) electrons. The van der Waals surface area contributed by atoms with Crippen LogP contribution in [0.25, 0.3) is 11.1 Å². The molecule has 2 heterocycles. The van der Waals surface area contributed by atoms with E-state index in [-0.39, 0.29) is 11.9 Å². The van der Waals surface area contributed by atoms with E-state index in [0.29, 0.717) is 18.7 Å². The van der Waals surface area contributed by atoms with Gasteiger partial charge in [-0.1, -0.05) is 48.5 Å². The molecule has 3 amide bonds. The molecule has 0 unspecified atom stereocenters. The Kier molecular flexibility index (Phi) is 8.71. The lowest BCUT2D eigenvalue weighted by Crippen LogP contribution is -2.49. The topological polar surface area (TPSA) is 73.5 Å². The summed E-state index contributed by atoms with van der Waals surface area (Å²) < 4.78 is 0. The van der Waals surface area contributed by atoms with Crippen molar-refractivity contribution < 1.29 is 9.59 Å². The molecule has 4 rings (SSSR count). The Balaban J connectivity index is 1.30. The van der Waals surface area contributed by atoms with E-state index < -0.39 is 6.04 Å². The molecule has 7 heteroatoms. The van der Waals surface area contributed by atoms with Gasteiger partial charge in [-0.2, -0.15) is 0 Å². The quantitative estimate of drug-likeness (QED) is 0.370. The number of carbonyl (C=O) groups is 2. The maximum atomic E-state index is 12.9. The van der Waals surface area contributed by atoms with Gasteiger partial charge in [0.25, 0.3) is 0 Å². The largest absolute Gasteiger partial charge is 0.354 e. The predicted molar refractivity (Wildman–Crippen MR) is 139 cm³/mol. The van der Waals surface area contributed by atoms with Gasteiger partial charge in [0.1, 0.15) is 6.04 Å². The molecule has 1 saturated heterocycles. The first-order valence-corrected chi connectivity index (χ1v) is 12.8. The number of nitrogens with one attached hydrogen (secondary N) is 3. The average molecular weight is 477 g/mol. The number of likely N-dealkylation sites (tertiary alicyclic amines) is 1. The van der Waals surface area contributed by atoms with Gasteiger partial charge < -0.3 is 20.9 Å². The highest BCUT2D eigenvalue weighted by Crippen LogP contribution is 2.21. The summed E-state index contributed by atoms with van der Waals surface area (Å²) in [5.74, 6) is -0.149. The Hall–Kier alpha value is -3.16. The van der Waals surface area contributed by atoms with Gasteiger partial charge >= 0.3 is 6.03 Å². The highest BCUT2D eigenvalue weighted by molar-refractivity contribution is 7.09. The molecule has 1 aliphatic heterocycles. The van der Waals surface area contributed by atoms with E-state index in [9.17, 15) is 9.59 Å². The molecular formula is C27H32N4O2S. The predicted octanol–water partition coefficient (Wildman–Crippen LogP) is 4.75. The standard InChI is InChI=1S/C27H32N4O2S/c32-26(28-15-7-18-31-16-4-5-17-31)25(20-24-10-6-19-34-24)30-27(33)29-23-13-11-22(12-14-23)21-8-2-1-3-9-21/h1-3,6,8-14,19,25H,4-5,7,15-18,20H2,(H,28,32)(H2,29,30,33)/t25-/m0/s1. The second-order valence-electron chi connectivity index (χ2n) is 8.57. The van der Waals surface area contributed by atoms with Crippen LogP contribution in [0.3, 0.4) is 0 Å². The summed E-state index contributed by atoms with van der Waals surface area (Å²) in [4.78, 5) is 29.1. The molecule has 0 aliphatic carbocycles. The van der Waals surface area contributed by atoms with Crippen molar-refractivity contribution >= 4 is 29.0 Å².